The molecule has 35 heavy (non-hydrogen) atoms. The third-order valence-electron chi connectivity index (χ3n) is 6.43. The zero-order valence-corrected chi connectivity index (χ0v) is 22.3. The zero-order valence-electron chi connectivity index (χ0n) is 19.9. The molecule has 8 heteroatoms. The van der Waals surface area contributed by atoms with E-state index in [1.165, 1.54) is 4.31 Å². The van der Waals surface area contributed by atoms with Crippen molar-refractivity contribution in [1.82, 2.24) is 4.31 Å². The van der Waals surface area contributed by atoms with E-state index in [0.717, 1.165) is 16.7 Å². The lowest BCUT2D eigenvalue weighted by Gasteiger charge is -2.27. The van der Waals surface area contributed by atoms with Crippen LogP contribution in [0, 0.1) is 19.3 Å². The monoisotopic (exact) mass is 529 g/mol. The zero-order chi connectivity index (χ0) is 25.4. The van der Waals surface area contributed by atoms with Crippen LogP contribution < -0.4 is 0 Å². The van der Waals surface area contributed by atoms with Crippen LogP contribution in [0.2, 0.25) is 0 Å². The average molecular weight is 530 g/mol. The maximum Gasteiger partial charge on any atom is 0.243 e. The third-order valence-corrected chi connectivity index (χ3v) is 10.7. The largest absolute Gasteiger partial charge is 0.243 e. The van der Waals surface area contributed by atoms with Gasteiger partial charge in [-0.15, -0.1) is 0 Å². The molecule has 5 nitrogen and oxygen atoms in total. The number of rotatable bonds is 6. The van der Waals surface area contributed by atoms with Crippen LogP contribution in [0.5, 0.6) is 0 Å². The highest BCUT2D eigenvalue weighted by Gasteiger charge is 2.47. The van der Waals surface area contributed by atoms with Crippen LogP contribution in [-0.2, 0) is 19.9 Å². The molecule has 1 heterocycles. The van der Waals surface area contributed by atoms with E-state index in [-0.39, 0.29) is 28.6 Å². The highest BCUT2D eigenvalue weighted by atomic mass is 35.5. The minimum Gasteiger partial charge on any atom is -0.224 e. The van der Waals surface area contributed by atoms with E-state index in [4.69, 9.17) is 11.6 Å². The predicted octanol–water partition coefficient (Wildman–Crippen LogP) is 5.44. The summed E-state index contributed by atoms with van der Waals surface area (Å²) in [5.41, 5.74) is 2.20. The number of hydrogen-bond acceptors (Lipinski definition) is 4. The van der Waals surface area contributed by atoms with Crippen LogP contribution in [0.3, 0.4) is 0 Å². The topological polar surface area (TPSA) is 71.5 Å². The molecular formula is C27H28ClNO4S2. The van der Waals surface area contributed by atoms with Crippen LogP contribution in [0.15, 0.2) is 94.2 Å². The summed E-state index contributed by atoms with van der Waals surface area (Å²) in [6.45, 7) is 5.59. The fraction of sp³-hybridized carbons (Fsp3) is 0.259. The van der Waals surface area contributed by atoms with Gasteiger partial charge >= 0.3 is 0 Å². The van der Waals surface area contributed by atoms with Crippen molar-refractivity contribution in [3.8, 4) is 0 Å². The molecule has 0 bridgehead atoms. The SMILES string of the molecule is Cc1ccc(S(=O)(=O)CC2(C)CN(S(=O)(=O)c3ccc(C)cc3)C/C2=C(\Cl)c2ccccc2)cc1. The second-order valence-corrected chi connectivity index (χ2v) is 13.7. The number of hydrogen-bond donors (Lipinski definition) is 0. The van der Waals surface area contributed by atoms with Crippen molar-refractivity contribution >= 4 is 36.5 Å². The summed E-state index contributed by atoms with van der Waals surface area (Å²) in [5.74, 6) is -0.263. The summed E-state index contributed by atoms with van der Waals surface area (Å²) in [6, 6.07) is 22.6. The third kappa shape index (κ3) is 5.23. The fourth-order valence-electron chi connectivity index (χ4n) is 4.41. The molecular weight excluding hydrogens is 502 g/mol. The Hall–Kier alpha value is -2.45. The average Bonchev–Trinajstić information content (AvgIpc) is 3.16. The summed E-state index contributed by atoms with van der Waals surface area (Å²) in [6.07, 6.45) is 0. The first-order valence-electron chi connectivity index (χ1n) is 11.2. The van der Waals surface area contributed by atoms with E-state index in [9.17, 15) is 16.8 Å². The molecule has 1 fully saturated rings. The van der Waals surface area contributed by atoms with Crippen molar-refractivity contribution in [3.63, 3.8) is 0 Å². The van der Waals surface area contributed by atoms with Crippen molar-refractivity contribution in [2.45, 2.75) is 30.6 Å². The first kappa shape index (κ1) is 25.6. The standard InChI is InChI=1S/C27H28ClNO4S2/c1-20-9-13-23(14-10-20)34(30,31)19-27(3)18-29(35(32,33)24-15-11-21(2)12-16-24)17-25(27)26(28)22-7-5-4-6-8-22/h4-16H,17-19H2,1-3H3/b26-25+. The maximum atomic E-state index is 13.5. The van der Waals surface area contributed by atoms with Gasteiger partial charge in [0.25, 0.3) is 0 Å². The molecule has 184 valence electrons. The Bertz CT molecular complexity index is 1460. The van der Waals surface area contributed by atoms with Crippen molar-refractivity contribution in [2.24, 2.45) is 5.41 Å². The molecule has 3 aromatic carbocycles. The van der Waals surface area contributed by atoms with E-state index in [2.05, 4.69) is 0 Å². The first-order chi connectivity index (χ1) is 16.4. The Kier molecular flexibility index (Phi) is 6.99. The van der Waals surface area contributed by atoms with Gasteiger partial charge in [0.05, 0.1) is 15.5 Å². The van der Waals surface area contributed by atoms with Crippen LogP contribution in [0.4, 0.5) is 0 Å². The van der Waals surface area contributed by atoms with Gasteiger partial charge in [-0.25, -0.2) is 16.8 Å². The quantitative estimate of drug-likeness (QED) is 0.426. The van der Waals surface area contributed by atoms with Gasteiger partial charge < -0.3 is 0 Å². The van der Waals surface area contributed by atoms with Crippen LogP contribution in [-0.4, -0.2) is 40.0 Å². The van der Waals surface area contributed by atoms with E-state index in [0.29, 0.717) is 10.6 Å². The molecule has 0 spiro atoms. The molecule has 0 aliphatic carbocycles. The van der Waals surface area contributed by atoms with Crippen LogP contribution in [0.1, 0.15) is 23.6 Å². The number of aryl methyl sites for hydroxylation is 2. The predicted molar refractivity (Wildman–Crippen MR) is 140 cm³/mol. The number of sulfone groups is 1. The van der Waals surface area contributed by atoms with E-state index < -0.39 is 25.3 Å². The van der Waals surface area contributed by atoms with Crippen molar-refractivity contribution in [2.75, 3.05) is 18.8 Å². The molecule has 0 radical (unpaired) electrons. The van der Waals surface area contributed by atoms with Gasteiger partial charge in [0.1, 0.15) is 0 Å². The van der Waals surface area contributed by atoms with Crippen LogP contribution >= 0.6 is 11.6 Å². The minimum absolute atomic E-state index is 0.00663. The molecule has 1 aliphatic heterocycles. The van der Waals surface area contributed by atoms with Gasteiger partial charge in [-0.05, 0) is 49.2 Å². The number of sulfonamides is 1. The van der Waals surface area contributed by atoms with Gasteiger partial charge in [0.15, 0.2) is 9.84 Å². The van der Waals surface area contributed by atoms with E-state index >= 15 is 0 Å². The van der Waals surface area contributed by atoms with Crippen molar-refractivity contribution in [1.29, 1.82) is 0 Å². The van der Waals surface area contributed by atoms with Gasteiger partial charge in [0, 0.05) is 23.5 Å². The Morgan fingerprint density at radius 2 is 1.34 bits per heavy atom. The van der Waals surface area contributed by atoms with Gasteiger partial charge in [-0.2, -0.15) is 4.31 Å². The molecule has 3 aromatic rings. The summed E-state index contributed by atoms with van der Waals surface area (Å²) in [5, 5.41) is 0.383. The molecule has 1 atom stereocenters. The molecule has 1 unspecified atom stereocenters. The first-order valence-corrected chi connectivity index (χ1v) is 14.7. The van der Waals surface area contributed by atoms with Gasteiger partial charge in [-0.3, -0.25) is 0 Å². The van der Waals surface area contributed by atoms with Gasteiger partial charge in [-0.1, -0.05) is 84.2 Å². The number of halogens is 1. The van der Waals surface area contributed by atoms with E-state index in [1.807, 2.05) is 44.2 Å². The Labute approximate surface area is 213 Å². The second-order valence-electron chi connectivity index (χ2n) is 9.38. The number of benzene rings is 3. The summed E-state index contributed by atoms with van der Waals surface area (Å²) in [4.78, 5) is 0.378. The normalized spacial score (nSPS) is 20.7. The summed E-state index contributed by atoms with van der Waals surface area (Å²) in [7, 11) is -7.58. The molecule has 1 saturated heterocycles. The van der Waals surface area contributed by atoms with Gasteiger partial charge in [0.2, 0.25) is 10.0 Å². The lowest BCUT2D eigenvalue weighted by atomic mass is 9.86. The highest BCUT2D eigenvalue weighted by Crippen LogP contribution is 2.45. The summed E-state index contributed by atoms with van der Waals surface area (Å²) < 4.78 is 55.3. The molecule has 4 rings (SSSR count). The highest BCUT2D eigenvalue weighted by molar-refractivity contribution is 7.91. The number of nitrogens with zero attached hydrogens (tertiary/aromatic N) is 1. The molecule has 0 N–H and O–H groups in total. The minimum atomic E-state index is -3.86. The van der Waals surface area contributed by atoms with Crippen LogP contribution in [0.25, 0.3) is 5.03 Å². The Morgan fingerprint density at radius 3 is 1.89 bits per heavy atom. The molecule has 0 amide bonds. The molecule has 0 aromatic heterocycles. The smallest absolute Gasteiger partial charge is 0.224 e. The second kappa shape index (κ2) is 9.54. The lowest BCUT2D eigenvalue weighted by Crippen LogP contribution is -2.34. The van der Waals surface area contributed by atoms with Crippen molar-refractivity contribution in [3.05, 3.63) is 101 Å². The summed E-state index contributed by atoms with van der Waals surface area (Å²) >= 11 is 6.84. The Balaban J connectivity index is 1.79. The molecule has 0 saturated carbocycles. The molecule has 1 aliphatic rings. The van der Waals surface area contributed by atoms with E-state index in [1.54, 1.807) is 55.5 Å². The maximum absolute atomic E-state index is 13.5. The lowest BCUT2D eigenvalue weighted by molar-refractivity contribution is 0.400. The van der Waals surface area contributed by atoms with Crippen molar-refractivity contribution < 1.29 is 16.8 Å². The Morgan fingerprint density at radius 1 is 0.829 bits per heavy atom. The fourth-order valence-corrected chi connectivity index (χ4v) is 8.18.